The van der Waals surface area contributed by atoms with Gasteiger partial charge in [0.25, 0.3) is 5.69 Å². The highest BCUT2D eigenvalue weighted by Crippen LogP contribution is 2.26. The maximum absolute atomic E-state index is 12.4. The number of non-ortho nitro benzene ring substituents is 1. The maximum Gasteiger partial charge on any atom is 0.471 e. The number of carbonyl (C=O) groups excluding carboxylic acids is 2. The number of hydrogen-bond donors (Lipinski definition) is 0. The number of hydrogen-bond acceptors (Lipinski definition) is 4. The van der Waals surface area contributed by atoms with Gasteiger partial charge in [-0.05, 0) is 12.8 Å². The molecule has 6 nitrogen and oxygen atoms in total. The summed E-state index contributed by atoms with van der Waals surface area (Å²) in [5.41, 5.74) is -0.0691. The number of nitro groups is 1. The molecule has 0 N–H and O–H groups in total. The third-order valence-corrected chi connectivity index (χ3v) is 3.74. The van der Waals surface area contributed by atoms with Gasteiger partial charge < -0.3 is 4.90 Å². The monoisotopic (exact) mass is 330 g/mol. The summed E-state index contributed by atoms with van der Waals surface area (Å²) in [4.78, 5) is 34.2. The summed E-state index contributed by atoms with van der Waals surface area (Å²) < 4.78 is 37.1. The molecule has 1 aliphatic heterocycles. The van der Waals surface area contributed by atoms with Crippen molar-refractivity contribution in [2.75, 3.05) is 13.1 Å². The zero-order chi connectivity index (χ0) is 17.2. The van der Waals surface area contributed by atoms with Gasteiger partial charge in [0.05, 0.1) is 4.92 Å². The van der Waals surface area contributed by atoms with Gasteiger partial charge in [0.1, 0.15) is 0 Å². The lowest BCUT2D eigenvalue weighted by molar-refractivity contribution is -0.384. The number of benzene rings is 1. The van der Waals surface area contributed by atoms with Crippen molar-refractivity contribution < 1.29 is 27.7 Å². The van der Waals surface area contributed by atoms with Crippen molar-refractivity contribution in [1.82, 2.24) is 4.90 Å². The summed E-state index contributed by atoms with van der Waals surface area (Å²) in [6.45, 7) is -0.326. The van der Waals surface area contributed by atoms with Gasteiger partial charge in [-0.25, -0.2) is 0 Å². The van der Waals surface area contributed by atoms with E-state index in [0.717, 1.165) is 6.07 Å². The van der Waals surface area contributed by atoms with E-state index in [0.29, 0.717) is 4.90 Å². The van der Waals surface area contributed by atoms with Crippen LogP contribution in [-0.2, 0) is 4.79 Å². The van der Waals surface area contributed by atoms with Crippen molar-refractivity contribution in [3.8, 4) is 0 Å². The highest BCUT2D eigenvalue weighted by Gasteiger charge is 2.43. The zero-order valence-electron chi connectivity index (χ0n) is 11.9. The van der Waals surface area contributed by atoms with Gasteiger partial charge in [-0.1, -0.05) is 12.1 Å². The van der Waals surface area contributed by atoms with Crippen LogP contribution in [0.4, 0.5) is 18.9 Å². The van der Waals surface area contributed by atoms with Crippen LogP contribution in [0.5, 0.6) is 0 Å². The van der Waals surface area contributed by atoms with Crippen molar-refractivity contribution in [1.29, 1.82) is 0 Å². The van der Waals surface area contributed by atoms with Gasteiger partial charge in [-0.2, -0.15) is 13.2 Å². The normalized spacial score (nSPS) is 16.2. The van der Waals surface area contributed by atoms with Crippen LogP contribution in [-0.4, -0.2) is 40.8 Å². The molecular formula is C14H13F3N2O4. The molecule has 0 aliphatic carbocycles. The first-order valence-corrected chi connectivity index (χ1v) is 6.85. The number of piperidine rings is 1. The van der Waals surface area contributed by atoms with Crippen LogP contribution in [0.1, 0.15) is 23.2 Å². The molecule has 1 amide bonds. The number of Topliss-reactive ketones (excluding diaryl/α,β-unsaturated/α-hetero) is 1. The molecule has 1 aromatic carbocycles. The number of likely N-dealkylation sites (tertiary alicyclic amines) is 1. The fourth-order valence-corrected chi connectivity index (χ4v) is 2.53. The van der Waals surface area contributed by atoms with Crippen molar-refractivity contribution >= 4 is 17.4 Å². The second-order valence-corrected chi connectivity index (χ2v) is 5.24. The number of nitro benzene ring substituents is 1. The molecule has 0 saturated carbocycles. The Morgan fingerprint density at radius 2 is 1.83 bits per heavy atom. The number of ketones is 1. The lowest BCUT2D eigenvalue weighted by Crippen LogP contribution is -2.46. The Bertz CT molecular complexity index is 637. The highest BCUT2D eigenvalue weighted by molar-refractivity contribution is 5.98. The number of amides is 1. The first-order chi connectivity index (χ1) is 10.7. The van der Waals surface area contributed by atoms with E-state index in [-0.39, 0.29) is 43.0 Å². The zero-order valence-corrected chi connectivity index (χ0v) is 11.9. The van der Waals surface area contributed by atoms with Crippen molar-refractivity contribution in [3.63, 3.8) is 0 Å². The Morgan fingerprint density at radius 3 is 2.35 bits per heavy atom. The Labute approximate surface area is 129 Å². The maximum atomic E-state index is 12.4. The SMILES string of the molecule is O=C(c1cccc([N+](=O)[O-])c1)C1CCN(C(=O)C(F)(F)F)CC1. The summed E-state index contributed by atoms with van der Waals surface area (Å²) in [5.74, 6) is -2.80. The number of nitrogens with zero attached hydrogens (tertiary/aromatic N) is 2. The second kappa shape index (κ2) is 6.35. The average Bonchev–Trinajstić information content (AvgIpc) is 2.53. The lowest BCUT2D eigenvalue weighted by atomic mass is 9.88. The molecule has 1 fully saturated rings. The van der Waals surface area contributed by atoms with Gasteiger partial charge in [0.2, 0.25) is 0 Å². The molecule has 1 saturated heterocycles. The molecule has 0 radical (unpaired) electrons. The minimum Gasteiger partial charge on any atom is -0.335 e. The summed E-state index contributed by atoms with van der Waals surface area (Å²) in [7, 11) is 0. The number of carbonyl (C=O) groups is 2. The smallest absolute Gasteiger partial charge is 0.335 e. The minimum atomic E-state index is -4.92. The van der Waals surface area contributed by atoms with E-state index in [4.69, 9.17) is 0 Å². The van der Waals surface area contributed by atoms with E-state index >= 15 is 0 Å². The number of alkyl halides is 3. The molecule has 0 unspecified atom stereocenters. The molecule has 0 atom stereocenters. The molecule has 1 heterocycles. The molecule has 9 heteroatoms. The number of halogens is 3. The predicted molar refractivity (Wildman–Crippen MR) is 72.8 cm³/mol. The molecule has 1 aromatic rings. The summed E-state index contributed by atoms with van der Waals surface area (Å²) in [6, 6.07) is 5.22. The van der Waals surface area contributed by atoms with E-state index in [1.54, 1.807) is 0 Å². The molecule has 0 spiro atoms. The van der Waals surface area contributed by atoms with Gasteiger partial charge in [0, 0.05) is 36.7 Å². The third kappa shape index (κ3) is 3.85. The van der Waals surface area contributed by atoms with Crippen LogP contribution < -0.4 is 0 Å². The van der Waals surface area contributed by atoms with Gasteiger partial charge in [-0.3, -0.25) is 19.7 Å². The standard InChI is InChI=1S/C14H13F3N2O4/c15-14(16,17)13(21)18-6-4-9(5-7-18)12(20)10-2-1-3-11(8-10)19(22)23/h1-3,8-9H,4-7H2. The Kier molecular flexibility index (Phi) is 4.67. The van der Waals surface area contributed by atoms with Crippen LogP contribution in [0.2, 0.25) is 0 Å². The van der Waals surface area contributed by atoms with Crippen LogP contribution in [0.25, 0.3) is 0 Å². The van der Waals surface area contributed by atoms with E-state index in [9.17, 15) is 32.9 Å². The largest absolute Gasteiger partial charge is 0.471 e. The fraction of sp³-hybridized carbons (Fsp3) is 0.429. The molecule has 2 rings (SSSR count). The molecule has 1 aliphatic rings. The van der Waals surface area contributed by atoms with Gasteiger partial charge in [0.15, 0.2) is 5.78 Å². The molecule has 0 aromatic heterocycles. The Hall–Kier alpha value is -2.45. The highest BCUT2D eigenvalue weighted by atomic mass is 19.4. The van der Waals surface area contributed by atoms with E-state index in [1.807, 2.05) is 0 Å². The van der Waals surface area contributed by atoms with Crippen LogP contribution in [0, 0.1) is 16.0 Å². The third-order valence-electron chi connectivity index (χ3n) is 3.74. The van der Waals surface area contributed by atoms with Gasteiger partial charge >= 0.3 is 12.1 Å². The molecule has 0 bridgehead atoms. The Morgan fingerprint density at radius 1 is 1.22 bits per heavy atom. The van der Waals surface area contributed by atoms with Crippen LogP contribution in [0.15, 0.2) is 24.3 Å². The number of rotatable bonds is 3. The topological polar surface area (TPSA) is 80.5 Å². The van der Waals surface area contributed by atoms with Gasteiger partial charge in [-0.15, -0.1) is 0 Å². The Balaban J connectivity index is 2.03. The van der Waals surface area contributed by atoms with Crippen molar-refractivity contribution in [3.05, 3.63) is 39.9 Å². The van der Waals surface area contributed by atoms with Crippen molar-refractivity contribution in [2.45, 2.75) is 19.0 Å². The van der Waals surface area contributed by atoms with E-state index in [2.05, 4.69) is 0 Å². The predicted octanol–water partition coefficient (Wildman–Crippen LogP) is 2.58. The quantitative estimate of drug-likeness (QED) is 0.485. The fourth-order valence-electron chi connectivity index (χ4n) is 2.53. The molecule has 23 heavy (non-hydrogen) atoms. The van der Waals surface area contributed by atoms with Crippen LogP contribution >= 0.6 is 0 Å². The summed E-state index contributed by atoms with van der Waals surface area (Å²) in [6.07, 6.45) is -4.72. The molecular weight excluding hydrogens is 317 g/mol. The van der Waals surface area contributed by atoms with Crippen LogP contribution in [0.3, 0.4) is 0 Å². The first-order valence-electron chi connectivity index (χ1n) is 6.85. The first kappa shape index (κ1) is 16.9. The summed E-state index contributed by atoms with van der Waals surface area (Å²) >= 11 is 0. The summed E-state index contributed by atoms with van der Waals surface area (Å²) in [5, 5.41) is 10.7. The minimum absolute atomic E-state index is 0.101. The lowest BCUT2D eigenvalue weighted by Gasteiger charge is -2.31. The molecule has 124 valence electrons. The second-order valence-electron chi connectivity index (χ2n) is 5.24. The van der Waals surface area contributed by atoms with Crippen molar-refractivity contribution in [2.24, 2.45) is 5.92 Å². The van der Waals surface area contributed by atoms with E-state index < -0.39 is 22.9 Å². The van der Waals surface area contributed by atoms with E-state index in [1.165, 1.54) is 18.2 Å². The average molecular weight is 330 g/mol.